The number of amides is 1. The van der Waals surface area contributed by atoms with Crippen molar-refractivity contribution in [2.45, 2.75) is 32.4 Å². The summed E-state index contributed by atoms with van der Waals surface area (Å²) in [7, 11) is 0. The number of carbonyl (C=O) groups excluding carboxylic acids is 1. The molecule has 0 N–H and O–H groups in total. The minimum atomic E-state index is 0.232. The SMILES string of the molecule is C[C@@H]1CN(c2ccc3ccccc3n2)C[C@H](C)N1CC(=O)N1CC=C(c2cccc3ccsc23)CC1. The smallest absolute Gasteiger partial charge is 0.237 e. The second-order valence-electron chi connectivity index (χ2n) is 10.1. The summed E-state index contributed by atoms with van der Waals surface area (Å²) in [6, 6.07) is 21.8. The largest absolute Gasteiger partial charge is 0.353 e. The Kier molecular flexibility index (Phi) is 6.23. The first-order valence-electron chi connectivity index (χ1n) is 12.9. The van der Waals surface area contributed by atoms with Crippen molar-refractivity contribution in [3.05, 3.63) is 77.7 Å². The number of hydrogen-bond acceptors (Lipinski definition) is 5. The summed E-state index contributed by atoms with van der Waals surface area (Å²) in [6.07, 6.45) is 3.17. The lowest BCUT2D eigenvalue weighted by Crippen LogP contribution is -2.59. The van der Waals surface area contributed by atoms with Gasteiger partial charge in [-0.15, -0.1) is 11.3 Å². The van der Waals surface area contributed by atoms with Crippen LogP contribution in [0, 0.1) is 0 Å². The Morgan fingerprint density at radius 2 is 1.78 bits per heavy atom. The third-order valence-electron chi connectivity index (χ3n) is 7.71. The van der Waals surface area contributed by atoms with Crippen molar-refractivity contribution in [2.24, 2.45) is 0 Å². The van der Waals surface area contributed by atoms with E-state index in [-0.39, 0.29) is 18.0 Å². The number of hydrogen-bond donors (Lipinski definition) is 0. The van der Waals surface area contributed by atoms with Crippen LogP contribution in [0.25, 0.3) is 26.6 Å². The Morgan fingerprint density at radius 3 is 2.58 bits per heavy atom. The predicted molar refractivity (Wildman–Crippen MR) is 151 cm³/mol. The van der Waals surface area contributed by atoms with Gasteiger partial charge in [0.1, 0.15) is 5.82 Å². The lowest BCUT2D eigenvalue weighted by Gasteiger charge is -2.45. The molecule has 6 heteroatoms. The number of nitrogens with zero attached hydrogens (tertiary/aromatic N) is 4. The van der Waals surface area contributed by atoms with Crippen LogP contribution < -0.4 is 4.90 Å². The van der Waals surface area contributed by atoms with Crippen molar-refractivity contribution in [2.75, 3.05) is 37.6 Å². The van der Waals surface area contributed by atoms with Crippen molar-refractivity contribution in [3.63, 3.8) is 0 Å². The minimum absolute atomic E-state index is 0.232. The highest BCUT2D eigenvalue weighted by molar-refractivity contribution is 7.17. The van der Waals surface area contributed by atoms with Crippen LogP contribution in [0.3, 0.4) is 0 Å². The zero-order valence-corrected chi connectivity index (χ0v) is 21.7. The number of benzene rings is 2. The monoisotopic (exact) mass is 496 g/mol. The number of piperazine rings is 1. The first-order valence-corrected chi connectivity index (χ1v) is 13.7. The maximum atomic E-state index is 13.3. The summed E-state index contributed by atoms with van der Waals surface area (Å²) in [5.74, 6) is 1.25. The van der Waals surface area contributed by atoms with E-state index in [1.54, 1.807) is 11.3 Å². The average Bonchev–Trinajstić information content (AvgIpc) is 3.39. The van der Waals surface area contributed by atoms with Gasteiger partial charge in [-0.2, -0.15) is 0 Å². The first-order chi connectivity index (χ1) is 17.6. The van der Waals surface area contributed by atoms with Gasteiger partial charge in [0.25, 0.3) is 0 Å². The molecule has 0 radical (unpaired) electrons. The molecule has 36 heavy (non-hydrogen) atoms. The Balaban J connectivity index is 1.10. The maximum absolute atomic E-state index is 13.3. The lowest BCUT2D eigenvalue weighted by molar-refractivity contribution is -0.133. The molecular formula is C30H32N4OS. The van der Waals surface area contributed by atoms with E-state index in [9.17, 15) is 4.79 Å². The molecule has 4 heterocycles. The van der Waals surface area contributed by atoms with E-state index in [2.05, 4.69) is 83.6 Å². The van der Waals surface area contributed by atoms with Gasteiger partial charge in [0.05, 0.1) is 12.1 Å². The zero-order chi connectivity index (χ0) is 24.6. The number of aromatic nitrogens is 1. The van der Waals surface area contributed by atoms with Crippen molar-refractivity contribution < 1.29 is 4.79 Å². The van der Waals surface area contributed by atoms with Crippen molar-refractivity contribution in [1.82, 2.24) is 14.8 Å². The van der Waals surface area contributed by atoms with Gasteiger partial charge in [0, 0.05) is 48.3 Å². The Labute approximate surface area is 216 Å². The molecule has 2 aromatic heterocycles. The van der Waals surface area contributed by atoms with E-state index in [4.69, 9.17) is 4.98 Å². The van der Waals surface area contributed by atoms with Gasteiger partial charge in [-0.1, -0.05) is 42.5 Å². The topological polar surface area (TPSA) is 39.7 Å². The average molecular weight is 497 g/mol. The summed E-state index contributed by atoms with van der Waals surface area (Å²) >= 11 is 1.80. The number of pyridine rings is 1. The molecule has 5 nitrogen and oxygen atoms in total. The van der Waals surface area contributed by atoms with E-state index in [1.165, 1.54) is 21.2 Å². The molecule has 1 amide bonds. The molecule has 2 aliphatic heterocycles. The number of carbonyl (C=O) groups is 1. The Bertz CT molecular complexity index is 1430. The van der Waals surface area contributed by atoms with Crippen LogP contribution in [0.2, 0.25) is 0 Å². The van der Waals surface area contributed by atoms with E-state index in [0.29, 0.717) is 13.1 Å². The van der Waals surface area contributed by atoms with E-state index < -0.39 is 0 Å². The van der Waals surface area contributed by atoms with E-state index in [0.717, 1.165) is 42.8 Å². The van der Waals surface area contributed by atoms with Crippen LogP contribution >= 0.6 is 11.3 Å². The van der Waals surface area contributed by atoms with Gasteiger partial charge >= 0.3 is 0 Å². The van der Waals surface area contributed by atoms with Crippen molar-refractivity contribution in [1.29, 1.82) is 0 Å². The third kappa shape index (κ3) is 4.40. The number of fused-ring (bicyclic) bond motifs is 2. The normalized spacial score (nSPS) is 21.2. The van der Waals surface area contributed by atoms with Crippen LogP contribution in [0.5, 0.6) is 0 Å². The summed E-state index contributed by atoms with van der Waals surface area (Å²) < 4.78 is 1.35. The van der Waals surface area contributed by atoms with Gasteiger partial charge in [-0.25, -0.2) is 4.98 Å². The molecule has 2 aliphatic rings. The lowest BCUT2D eigenvalue weighted by atomic mass is 9.98. The molecule has 2 aromatic carbocycles. The van der Waals surface area contributed by atoms with Gasteiger partial charge < -0.3 is 9.80 Å². The molecule has 1 saturated heterocycles. The van der Waals surface area contributed by atoms with Gasteiger partial charge in [0.2, 0.25) is 5.91 Å². The molecule has 4 aromatic rings. The fourth-order valence-electron chi connectivity index (χ4n) is 5.73. The second-order valence-corrected chi connectivity index (χ2v) is 11.0. The van der Waals surface area contributed by atoms with Crippen LogP contribution in [-0.4, -0.2) is 65.5 Å². The number of anilines is 1. The summed E-state index contributed by atoms with van der Waals surface area (Å²) in [5, 5.41) is 4.63. The molecule has 0 spiro atoms. The fourth-order valence-corrected chi connectivity index (χ4v) is 6.68. The predicted octanol–water partition coefficient (Wildman–Crippen LogP) is 5.66. The van der Waals surface area contributed by atoms with Crippen LogP contribution in [0.1, 0.15) is 25.8 Å². The highest BCUT2D eigenvalue weighted by Crippen LogP contribution is 2.32. The van der Waals surface area contributed by atoms with Crippen molar-refractivity contribution in [3.8, 4) is 0 Å². The summed E-state index contributed by atoms with van der Waals surface area (Å²) in [4.78, 5) is 25.0. The van der Waals surface area contributed by atoms with Crippen molar-refractivity contribution >= 4 is 49.6 Å². The molecular weight excluding hydrogens is 464 g/mol. The Hall–Kier alpha value is -3.22. The molecule has 6 rings (SSSR count). The maximum Gasteiger partial charge on any atom is 0.237 e. The molecule has 0 aliphatic carbocycles. The van der Waals surface area contributed by atoms with E-state index in [1.807, 2.05) is 17.0 Å². The number of rotatable bonds is 4. The fraction of sp³-hybridized carbons (Fsp3) is 0.333. The molecule has 0 saturated carbocycles. The highest BCUT2D eigenvalue weighted by atomic mass is 32.1. The Morgan fingerprint density at radius 1 is 0.972 bits per heavy atom. The first kappa shape index (κ1) is 23.2. The van der Waals surface area contributed by atoms with Crippen LogP contribution in [-0.2, 0) is 4.79 Å². The second kappa shape index (κ2) is 9.68. The quantitative estimate of drug-likeness (QED) is 0.365. The number of para-hydroxylation sites is 1. The minimum Gasteiger partial charge on any atom is -0.353 e. The van der Waals surface area contributed by atoms with Crippen LogP contribution in [0.4, 0.5) is 5.82 Å². The molecule has 184 valence electrons. The van der Waals surface area contributed by atoms with Crippen LogP contribution in [0.15, 0.2) is 72.1 Å². The third-order valence-corrected chi connectivity index (χ3v) is 8.68. The zero-order valence-electron chi connectivity index (χ0n) is 20.9. The van der Waals surface area contributed by atoms with E-state index >= 15 is 0 Å². The molecule has 1 fully saturated rings. The number of thiophene rings is 1. The molecule has 0 bridgehead atoms. The summed E-state index contributed by atoms with van der Waals surface area (Å²) in [5.41, 5.74) is 3.72. The standard InChI is InChI=1S/C30H32N4OS/c1-21-18-33(28-11-10-24-6-3-4-9-27(24)31-28)19-22(2)34(21)20-29(35)32-15-12-23(13-16-32)26-8-5-7-25-14-17-36-30(25)26/h3-12,14,17,21-22H,13,15-16,18-20H2,1-2H3/t21-,22+. The highest BCUT2D eigenvalue weighted by Gasteiger charge is 2.32. The summed E-state index contributed by atoms with van der Waals surface area (Å²) in [6.45, 7) is 8.16. The molecule has 0 unspecified atom stereocenters. The van der Waals surface area contributed by atoms with Gasteiger partial charge in [-0.3, -0.25) is 9.69 Å². The van der Waals surface area contributed by atoms with Gasteiger partial charge in [0.15, 0.2) is 0 Å². The van der Waals surface area contributed by atoms with Gasteiger partial charge in [-0.05, 0) is 66.4 Å². The molecule has 2 atom stereocenters.